The van der Waals surface area contributed by atoms with E-state index in [-0.39, 0.29) is 19.3 Å². The van der Waals surface area contributed by atoms with Crippen LogP contribution in [0.4, 0.5) is 0 Å². The number of carbonyl (C=O) groups is 3. The Morgan fingerprint density at radius 1 is 1.27 bits per heavy atom. The van der Waals surface area contributed by atoms with Crippen molar-refractivity contribution in [1.29, 1.82) is 0 Å². The maximum atomic E-state index is 11.0. The summed E-state index contributed by atoms with van der Waals surface area (Å²) in [6.45, 7) is 1.59. The lowest BCUT2D eigenvalue weighted by Crippen LogP contribution is -2.26. The molecule has 7 heteroatoms. The van der Waals surface area contributed by atoms with Gasteiger partial charge in [-0.2, -0.15) is 0 Å². The average molecular weight is 236 g/mol. The highest BCUT2D eigenvalue weighted by Gasteiger charge is 2.20. The maximum Gasteiger partial charge on any atom is 0.345 e. The lowest BCUT2D eigenvalue weighted by atomic mass is 10.2. The first-order valence-electron chi connectivity index (χ1n) is 4.33. The Morgan fingerprint density at radius 3 is 2.20 bits per heavy atom. The van der Waals surface area contributed by atoms with Crippen LogP contribution in [0.15, 0.2) is 0 Å². The van der Waals surface area contributed by atoms with Gasteiger partial charge in [0.2, 0.25) is 0 Å². The third-order valence-electron chi connectivity index (χ3n) is 1.58. The van der Waals surface area contributed by atoms with E-state index in [1.165, 1.54) is 0 Å². The lowest BCUT2D eigenvalue weighted by Gasteiger charge is -2.10. The van der Waals surface area contributed by atoms with E-state index in [1.807, 2.05) is 0 Å². The first kappa shape index (κ1) is 13.8. The van der Waals surface area contributed by atoms with E-state index >= 15 is 0 Å². The van der Waals surface area contributed by atoms with E-state index in [4.69, 9.17) is 5.11 Å². The van der Waals surface area contributed by atoms with Gasteiger partial charge in [-0.1, -0.05) is 6.92 Å². The fourth-order valence-electron chi connectivity index (χ4n) is 0.789. The molecule has 0 saturated heterocycles. The van der Waals surface area contributed by atoms with Gasteiger partial charge >= 0.3 is 17.9 Å². The molecule has 0 aromatic rings. The lowest BCUT2D eigenvalue weighted by molar-refractivity contribution is -0.164. The molecule has 0 saturated carbocycles. The van der Waals surface area contributed by atoms with Crippen LogP contribution in [0.25, 0.3) is 0 Å². The minimum Gasteiger partial charge on any atom is -0.479 e. The third kappa shape index (κ3) is 6.01. The van der Waals surface area contributed by atoms with Crippen LogP contribution < -0.4 is 0 Å². The molecule has 0 bridgehead atoms. The van der Waals surface area contributed by atoms with E-state index < -0.39 is 24.0 Å². The summed E-state index contributed by atoms with van der Waals surface area (Å²) in [5.74, 6) is -2.49. The Balaban J connectivity index is 3.91. The Labute approximate surface area is 89.2 Å². The van der Waals surface area contributed by atoms with E-state index in [2.05, 4.69) is 9.26 Å². The highest BCUT2D eigenvalue weighted by Crippen LogP contribution is 2.04. The van der Waals surface area contributed by atoms with E-state index in [1.54, 1.807) is 16.4 Å². The molecule has 0 spiro atoms. The van der Waals surface area contributed by atoms with Gasteiger partial charge in [0.15, 0.2) is 6.10 Å². The SMILES string of the molecule is CC[C@H](OC(=O)CCC(=O)OP)C(=O)O. The normalized spacial score (nSPS) is 11.6. The number of rotatable bonds is 6. The van der Waals surface area contributed by atoms with E-state index in [0.29, 0.717) is 0 Å². The van der Waals surface area contributed by atoms with Gasteiger partial charge in [0, 0.05) is 0 Å². The molecule has 6 nitrogen and oxygen atoms in total. The van der Waals surface area contributed by atoms with Crippen LogP contribution in [0.2, 0.25) is 0 Å². The van der Waals surface area contributed by atoms with Gasteiger partial charge in [-0.15, -0.1) is 0 Å². The molecule has 0 aromatic carbocycles. The zero-order valence-electron chi connectivity index (χ0n) is 8.26. The van der Waals surface area contributed by atoms with Crippen molar-refractivity contribution in [3.05, 3.63) is 0 Å². The second-order valence-electron chi connectivity index (χ2n) is 2.71. The number of carboxylic acids is 1. The first-order chi connectivity index (χ1) is 7.01. The zero-order valence-corrected chi connectivity index (χ0v) is 9.42. The zero-order chi connectivity index (χ0) is 11.8. The van der Waals surface area contributed by atoms with Gasteiger partial charge in [0.25, 0.3) is 0 Å². The second kappa shape index (κ2) is 7.17. The first-order valence-corrected chi connectivity index (χ1v) is 4.80. The van der Waals surface area contributed by atoms with Gasteiger partial charge in [-0.05, 0) is 6.42 Å². The molecular weight excluding hydrogens is 223 g/mol. The molecule has 1 unspecified atom stereocenters. The van der Waals surface area contributed by atoms with Gasteiger partial charge in [0.1, 0.15) is 0 Å². The van der Waals surface area contributed by atoms with E-state index in [0.717, 1.165) is 0 Å². The van der Waals surface area contributed by atoms with E-state index in [9.17, 15) is 14.4 Å². The summed E-state index contributed by atoms with van der Waals surface area (Å²) in [7, 11) is 1.76. The quantitative estimate of drug-likeness (QED) is 0.533. The molecule has 1 N–H and O–H groups in total. The van der Waals surface area contributed by atoms with Gasteiger partial charge < -0.3 is 14.4 Å². The molecule has 0 aromatic heterocycles. The topological polar surface area (TPSA) is 89.9 Å². The van der Waals surface area contributed by atoms with Crippen LogP contribution in [-0.2, 0) is 23.6 Å². The minimum absolute atomic E-state index is 0.127. The molecule has 0 amide bonds. The summed E-state index contributed by atoms with van der Waals surface area (Å²) in [5, 5.41) is 8.57. The van der Waals surface area contributed by atoms with Crippen molar-refractivity contribution in [3.63, 3.8) is 0 Å². The summed E-state index contributed by atoms with van der Waals surface area (Å²) in [6, 6.07) is 0. The Bertz CT molecular complexity index is 252. The molecule has 0 heterocycles. The Hall–Kier alpha value is -1.16. The molecule has 15 heavy (non-hydrogen) atoms. The highest BCUT2D eigenvalue weighted by atomic mass is 31.0. The number of hydrogen-bond donors (Lipinski definition) is 1. The predicted octanol–water partition coefficient (Wildman–Crippen LogP) is 0.506. The maximum absolute atomic E-state index is 11.0. The monoisotopic (exact) mass is 236 g/mol. The number of carboxylic acid groups (broad SMARTS) is 1. The Kier molecular flexibility index (Phi) is 6.62. The summed E-state index contributed by atoms with van der Waals surface area (Å²) in [5.41, 5.74) is 0. The molecule has 86 valence electrons. The highest BCUT2D eigenvalue weighted by molar-refractivity contribution is 7.10. The number of carbonyl (C=O) groups excluding carboxylic acids is 2. The van der Waals surface area contributed by atoms with Gasteiger partial charge in [0.05, 0.1) is 22.3 Å². The van der Waals surface area contributed by atoms with Crippen molar-refractivity contribution in [3.8, 4) is 0 Å². The van der Waals surface area contributed by atoms with Crippen molar-refractivity contribution in [2.45, 2.75) is 32.3 Å². The molecule has 0 aliphatic rings. The van der Waals surface area contributed by atoms with Crippen molar-refractivity contribution in [2.75, 3.05) is 0 Å². The third-order valence-corrected chi connectivity index (χ3v) is 1.85. The van der Waals surface area contributed by atoms with Crippen LogP contribution in [0, 0.1) is 0 Å². The van der Waals surface area contributed by atoms with Gasteiger partial charge in [-0.25, -0.2) is 4.79 Å². The number of esters is 1. The summed E-state index contributed by atoms with van der Waals surface area (Å²) < 4.78 is 8.84. The molecule has 0 aliphatic heterocycles. The molecule has 0 radical (unpaired) electrons. The van der Waals surface area contributed by atoms with Crippen LogP contribution in [0.5, 0.6) is 0 Å². The van der Waals surface area contributed by atoms with Crippen molar-refractivity contribution in [1.82, 2.24) is 0 Å². The minimum atomic E-state index is -1.19. The van der Waals surface area contributed by atoms with Crippen molar-refractivity contribution >= 4 is 27.4 Å². The number of hydrogen-bond acceptors (Lipinski definition) is 5. The summed E-state index contributed by atoms with van der Waals surface area (Å²) >= 11 is 0. The van der Waals surface area contributed by atoms with Gasteiger partial charge in [-0.3, -0.25) is 9.59 Å². The van der Waals surface area contributed by atoms with Crippen LogP contribution >= 0.6 is 9.47 Å². The van der Waals surface area contributed by atoms with Crippen LogP contribution in [0.3, 0.4) is 0 Å². The number of aliphatic carboxylic acids is 1. The standard InChI is InChI=1S/C8H13O6P/c1-2-5(8(11)12)13-6(9)3-4-7(10)14-15/h5H,2-4,15H2,1H3,(H,11,12)/t5-/m0/s1. The number of ether oxygens (including phenoxy) is 1. The van der Waals surface area contributed by atoms with Crippen LogP contribution in [-0.4, -0.2) is 29.1 Å². The smallest absolute Gasteiger partial charge is 0.345 e. The van der Waals surface area contributed by atoms with Crippen molar-refractivity contribution in [2.24, 2.45) is 0 Å². The van der Waals surface area contributed by atoms with Crippen LogP contribution in [0.1, 0.15) is 26.2 Å². The molecule has 0 rings (SSSR count). The summed E-state index contributed by atoms with van der Waals surface area (Å²) in [4.78, 5) is 32.2. The molecule has 2 atom stereocenters. The fourth-order valence-corrected chi connectivity index (χ4v) is 0.907. The average Bonchev–Trinajstić information content (AvgIpc) is 2.21. The fraction of sp³-hybridized carbons (Fsp3) is 0.625. The summed E-state index contributed by atoms with van der Waals surface area (Å²) in [6.07, 6.45) is -1.27. The molecule has 0 fully saturated rings. The Morgan fingerprint density at radius 2 is 1.80 bits per heavy atom. The van der Waals surface area contributed by atoms with Crippen molar-refractivity contribution < 1.29 is 28.8 Å². The molecular formula is C8H13O6P. The largest absolute Gasteiger partial charge is 0.479 e. The molecule has 0 aliphatic carbocycles. The second-order valence-corrected chi connectivity index (χ2v) is 2.95. The predicted molar refractivity (Wildman–Crippen MR) is 52.8 cm³/mol.